The maximum atomic E-state index is 2.20. The minimum absolute atomic E-state index is 1.23. The molecule has 0 fully saturated rings. The maximum absolute atomic E-state index is 2.20. The molecule has 0 aromatic carbocycles. The fourth-order valence-electron chi connectivity index (χ4n) is 0.429. The minimum Gasteiger partial charge on any atom is -0.232 e. The Morgan fingerprint density at radius 2 is 2.67 bits per heavy atom. The molecule has 0 aromatic heterocycles. The van der Waals surface area contributed by atoms with E-state index in [4.69, 9.17) is 0 Å². The van der Waals surface area contributed by atoms with Gasteiger partial charge in [-0.15, -0.1) is 0 Å². The lowest BCUT2D eigenvalue weighted by molar-refractivity contribution is -0.481. The van der Waals surface area contributed by atoms with E-state index in [1.165, 1.54) is 12.3 Å². The van der Waals surface area contributed by atoms with Gasteiger partial charge in [0.15, 0.2) is 12.1 Å². The maximum Gasteiger partial charge on any atom is 0.198 e. The topological polar surface area (TPSA) is 3.01 Å². The highest BCUT2D eigenvalue weighted by atomic mass is 32.2. The van der Waals surface area contributed by atoms with Crippen LogP contribution in [0.1, 0.15) is 0 Å². The van der Waals surface area contributed by atoms with Gasteiger partial charge in [-0.05, 0) is 0 Å². The van der Waals surface area contributed by atoms with Crippen LogP contribution in [0.2, 0.25) is 0 Å². The highest BCUT2D eigenvalue weighted by molar-refractivity contribution is 8.12. The van der Waals surface area contributed by atoms with Gasteiger partial charge in [-0.1, -0.05) is 11.8 Å². The first-order valence-electron chi connectivity index (χ1n) is 2.05. The summed E-state index contributed by atoms with van der Waals surface area (Å²) in [5.74, 6) is 1.27. The molecule has 0 aromatic rings. The summed E-state index contributed by atoms with van der Waals surface area (Å²) in [6.45, 7) is 1.23. The molecule has 1 rings (SSSR count). The molecule has 1 aliphatic heterocycles. The van der Waals surface area contributed by atoms with E-state index in [-0.39, 0.29) is 0 Å². The van der Waals surface area contributed by atoms with Crippen LogP contribution in [0.25, 0.3) is 0 Å². The molecule has 0 spiro atoms. The summed E-state index contributed by atoms with van der Waals surface area (Å²) in [7, 11) is 2.10. The normalized spacial score (nSPS) is 21.2. The van der Waals surface area contributed by atoms with Crippen molar-refractivity contribution in [3.05, 3.63) is 0 Å². The lowest BCUT2D eigenvalue weighted by Gasteiger charge is -1.76. The van der Waals surface area contributed by atoms with E-state index in [1.54, 1.807) is 0 Å². The summed E-state index contributed by atoms with van der Waals surface area (Å²) in [5, 5.41) is 0. The van der Waals surface area contributed by atoms with Gasteiger partial charge in [0.2, 0.25) is 0 Å². The van der Waals surface area contributed by atoms with Crippen LogP contribution in [0, 0.1) is 0 Å². The smallest absolute Gasteiger partial charge is 0.198 e. The zero-order chi connectivity index (χ0) is 4.41. The molecular weight excluding hydrogens is 94.1 g/mol. The molecule has 0 radical (unpaired) electrons. The van der Waals surface area contributed by atoms with Crippen LogP contribution in [-0.4, -0.2) is 29.5 Å². The summed E-state index contributed by atoms with van der Waals surface area (Å²) < 4.78 is 2.20. The number of nitrogens with zero attached hydrogens (tertiary/aromatic N) is 1. The van der Waals surface area contributed by atoms with Crippen LogP contribution < -0.4 is 0 Å². The Hall–Kier alpha value is 0.0200. The van der Waals surface area contributed by atoms with Gasteiger partial charge in [0.1, 0.15) is 7.05 Å². The van der Waals surface area contributed by atoms with Crippen molar-refractivity contribution in [2.24, 2.45) is 0 Å². The van der Waals surface area contributed by atoms with Gasteiger partial charge < -0.3 is 0 Å². The zero-order valence-electron chi connectivity index (χ0n) is 3.85. The van der Waals surface area contributed by atoms with E-state index in [9.17, 15) is 0 Å². The summed E-state index contributed by atoms with van der Waals surface area (Å²) in [5.41, 5.74) is 2.15. The average molecular weight is 102 g/mol. The standard InChI is InChI=1S/C4H8NS/c1-5-2-3-6-4-5/h4H,2-3H2,1H3/q+1. The first-order chi connectivity index (χ1) is 2.89. The molecule has 0 unspecified atom stereocenters. The first-order valence-corrected chi connectivity index (χ1v) is 3.09. The molecule has 0 atom stereocenters. The molecule has 1 aliphatic rings. The van der Waals surface area contributed by atoms with Crippen LogP contribution in [0.3, 0.4) is 0 Å². The number of hydrogen-bond acceptors (Lipinski definition) is 1. The summed E-state index contributed by atoms with van der Waals surface area (Å²) >= 11 is 1.88. The molecule has 0 amide bonds. The van der Waals surface area contributed by atoms with Crippen LogP contribution in [0.15, 0.2) is 0 Å². The monoisotopic (exact) mass is 102 g/mol. The van der Waals surface area contributed by atoms with Gasteiger partial charge in [0.25, 0.3) is 0 Å². The van der Waals surface area contributed by atoms with Crippen LogP contribution in [0.5, 0.6) is 0 Å². The Balaban J connectivity index is 2.45. The fourth-order valence-corrected chi connectivity index (χ4v) is 1.29. The third-order valence-electron chi connectivity index (χ3n) is 0.816. The predicted octanol–water partition coefficient (Wildman–Crippen LogP) is 0.404. The predicted molar refractivity (Wildman–Crippen MR) is 29.6 cm³/mol. The number of thioether (sulfide) groups is 1. The van der Waals surface area contributed by atoms with E-state index in [0.29, 0.717) is 0 Å². The van der Waals surface area contributed by atoms with Gasteiger partial charge in [-0.25, -0.2) is 4.58 Å². The van der Waals surface area contributed by atoms with E-state index < -0.39 is 0 Å². The van der Waals surface area contributed by atoms with Crippen molar-refractivity contribution in [3.63, 3.8) is 0 Å². The van der Waals surface area contributed by atoms with Gasteiger partial charge in [-0.3, -0.25) is 0 Å². The van der Waals surface area contributed by atoms with Crippen molar-refractivity contribution in [1.82, 2.24) is 0 Å². The van der Waals surface area contributed by atoms with Crippen molar-refractivity contribution >= 4 is 17.3 Å². The molecular formula is C4H8NS+. The van der Waals surface area contributed by atoms with Crippen LogP contribution >= 0.6 is 11.8 Å². The lowest BCUT2D eigenvalue weighted by atomic mass is 10.7. The SMILES string of the molecule is C[N+]1=CSCC1. The average Bonchev–Trinajstić information content (AvgIpc) is 1.86. The van der Waals surface area contributed by atoms with Crippen molar-refractivity contribution < 1.29 is 4.58 Å². The molecule has 0 aliphatic carbocycles. The zero-order valence-corrected chi connectivity index (χ0v) is 4.66. The summed E-state index contributed by atoms with van der Waals surface area (Å²) in [6.07, 6.45) is 0. The van der Waals surface area contributed by atoms with Crippen molar-refractivity contribution in [2.75, 3.05) is 19.3 Å². The van der Waals surface area contributed by atoms with Gasteiger partial charge in [0, 0.05) is 0 Å². The van der Waals surface area contributed by atoms with Gasteiger partial charge >= 0.3 is 0 Å². The third-order valence-corrected chi connectivity index (χ3v) is 1.74. The van der Waals surface area contributed by atoms with E-state index in [2.05, 4.69) is 17.2 Å². The lowest BCUT2D eigenvalue weighted by Crippen LogP contribution is -2.00. The fraction of sp³-hybridized carbons (Fsp3) is 0.750. The number of hydrogen-bond donors (Lipinski definition) is 0. The highest BCUT2D eigenvalue weighted by Crippen LogP contribution is 1.98. The largest absolute Gasteiger partial charge is 0.232 e. The first kappa shape index (κ1) is 4.19. The Labute approximate surface area is 42.1 Å². The van der Waals surface area contributed by atoms with E-state index >= 15 is 0 Å². The molecule has 1 nitrogen and oxygen atoms in total. The highest BCUT2D eigenvalue weighted by Gasteiger charge is 2.02. The van der Waals surface area contributed by atoms with E-state index in [0.717, 1.165) is 0 Å². The summed E-state index contributed by atoms with van der Waals surface area (Å²) in [4.78, 5) is 0. The molecule has 0 saturated heterocycles. The molecule has 1 heterocycles. The second-order valence-electron chi connectivity index (χ2n) is 1.46. The molecule has 0 bridgehead atoms. The van der Waals surface area contributed by atoms with Crippen molar-refractivity contribution in [2.45, 2.75) is 0 Å². The Bertz CT molecular complexity index is 77.6. The van der Waals surface area contributed by atoms with Gasteiger partial charge in [0.05, 0.1) is 5.75 Å². The molecule has 34 valence electrons. The van der Waals surface area contributed by atoms with E-state index in [1.807, 2.05) is 11.8 Å². The third kappa shape index (κ3) is 0.744. The van der Waals surface area contributed by atoms with Gasteiger partial charge in [-0.2, -0.15) is 0 Å². The minimum atomic E-state index is 1.23. The Kier molecular flexibility index (Phi) is 1.15. The molecule has 2 heteroatoms. The van der Waals surface area contributed by atoms with Crippen molar-refractivity contribution in [3.8, 4) is 0 Å². The molecule has 0 saturated carbocycles. The second-order valence-corrected chi connectivity index (χ2v) is 2.41. The Morgan fingerprint density at radius 3 is 2.83 bits per heavy atom. The Morgan fingerprint density at radius 1 is 1.83 bits per heavy atom. The van der Waals surface area contributed by atoms with Crippen LogP contribution in [-0.2, 0) is 0 Å². The van der Waals surface area contributed by atoms with Crippen LogP contribution in [0.4, 0.5) is 0 Å². The summed E-state index contributed by atoms with van der Waals surface area (Å²) in [6, 6.07) is 0. The molecule has 0 N–H and O–H groups in total. The number of rotatable bonds is 0. The molecule has 6 heavy (non-hydrogen) atoms. The quantitative estimate of drug-likeness (QED) is 0.400. The van der Waals surface area contributed by atoms with Crippen molar-refractivity contribution in [1.29, 1.82) is 0 Å². The second kappa shape index (κ2) is 1.65.